The molecular formula is C26H29F4N9O. The summed E-state index contributed by atoms with van der Waals surface area (Å²) in [5.41, 5.74) is 7.27. The van der Waals surface area contributed by atoms with Crippen LogP contribution in [-0.4, -0.2) is 84.5 Å². The number of imidazole rings is 1. The van der Waals surface area contributed by atoms with Crippen LogP contribution in [-0.2, 0) is 11.3 Å². The molecular weight excluding hydrogens is 530 g/mol. The summed E-state index contributed by atoms with van der Waals surface area (Å²) < 4.78 is 65.0. The molecule has 1 aliphatic carbocycles. The Morgan fingerprint density at radius 1 is 1.18 bits per heavy atom. The van der Waals surface area contributed by atoms with Crippen LogP contribution in [0.2, 0.25) is 0 Å². The monoisotopic (exact) mass is 559 g/mol. The molecule has 2 atom stereocenters. The number of pyridine rings is 1. The van der Waals surface area contributed by atoms with Gasteiger partial charge in [0.15, 0.2) is 17.3 Å². The third-order valence-corrected chi connectivity index (χ3v) is 8.50. The molecule has 2 saturated heterocycles. The summed E-state index contributed by atoms with van der Waals surface area (Å²) in [6.07, 6.45) is 0.281. The van der Waals surface area contributed by atoms with E-state index in [0.29, 0.717) is 43.4 Å². The maximum absolute atomic E-state index is 15.3. The summed E-state index contributed by atoms with van der Waals surface area (Å²) in [5.74, 6) is 0.367. The number of aryl methyl sites for hydroxylation is 1. The van der Waals surface area contributed by atoms with Crippen molar-refractivity contribution >= 4 is 28.4 Å². The Labute approximate surface area is 226 Å². The van der Waals surface area contributed by atoms with Crippen LogP contribution in [0.5, 0.6) is 0 Å². The lowest BCUT2D eigenvalue weighted by molar-refractivity contribution is -0.163. The van der Waals surface area contributed by atoms with Gasteiger partial charge in [-0.3, -0.25) is 4.90 Å². The van der Waals surface area contributed by atoms with E-state index in [-0.39, 0.29) is 39.7 Å². The largest absolute Gasteiger partial charge is 0.382 e. The van der Waals surface area contributed by atoms with Gasteiger partial charge in [-0.05, 0) is 44.2 Å². The summed E-state index contributed by atoms with van der Waals surface area (Å²) in [5, 5.41) is 7.42. The van der Waals surface area contributed by atoms with E-state index >= 15 is 8.78 Å². The standard InChI is InChI=1S/C26H29F4N9O/c1-13-32-19-5-4-18(33-24(19)38(13)10-20(29)30)21-16(28)9-39-22(21)23(31)35-25(36-39)34-17-6-7-37(8-15(17)27)26(11-40-12-26)14-2-3-14/h4-5,9,14-15,17,20H,2-3,6-8,10-12H2,1H3,(H3,31,34,35,36). The molecule has 10 nitrogen and oxygen atoms in total. The summed E-state index contributed by atoms with van der Waals surface area (Å²) >= 11 is 0. The summed E-state index contributed by atoms with van der Waals surface area (Å²) in [4.78, 5) is 15.3. The summed E-state index contributed by atoms with van der Waals surface area (Å²) in [6, 6.07) is 2.63. The molecule has 0 radical (unpaired) electrons. The van der Waals surface area contributed by atoms with Crippen LogP contribution in [0.25, 0.3) is 27.9 Å². The van der Waals surface area contributed by atoms with E-state index in [1.165, 1.54) is 21.9 Å². The number of nitrogens with one attached hydrogen (secondary N) is 1. The SMILES string of the molecule is Cc1nc2ccc(-c3c(F)cn4nc(NC5CCN(C6(C7CC7)COC6)CC5F)nc(N)c34)nc2n1CC(F)F. The van der Waals surface area contributed by atoms with Gasteiger partial charge in [-0.1, -0.05) is 0 Å². The van der Waals surface area contributed by atoms with E-state index in [0.717, 1.165) is 12.7 Å². The van der Waals surface area contributed by atoms with Crippen molar-refractivity contribution in [3.63, 3.8) is 0 Å². The van der Waals surface area contributed by atoms with E-state index in [1.54, 1.807) is 19.1 Å². The van der Waals surface area contributed by atoms with Crippen LogP contribution in [0, 0.1) is 18.7 Å². The van der Waals surface area contributed by atoms with Crippen molar-refractivity contribution in [2.24, 2.45) is 5.92 Å². The van der Waals surface area contributed by atoms with Crippen LogP contribution in [0.3, 0.4) is 0 Å². The highest BCUT2D eigenvalue weighted by Gasteiger charge is 2.55. The molecule has 0 bridgehead atoms. The predicted octanol–water partition coefficient (Wildman–Crippen LogP) is 3.44. The third-order valence-electron chi connectivity index (χ3n) is 8.50. The Balaban J connectivity index is 1.15. The molecule has 2 unspecified atom stereocenters. The van der Waals surface area contributed by atoms with Crippen LogP contribution < -0.4 is 11.1 Å². The van der Waals surface area contributed by atoms with Crippen molar-refractivity contribution < 1.29 is 22.3 Å². The molecule has 6 heterocycles. The average Bonchev–Trinajstić information content (AvgIpc) is 3.59. The highest BCUT2D eigenvalue weighted by Crippen LogP contribution is 2.48. The first-order chi connectivity index (χ1) is 19.2. The molecule has 4 aromatic rings. The number of halogens is 4. The lowest BCUT2D eigenvalue weighted by atomic mass is 9.86. The number of rotatable bonds is 7. The van der Waals surface area contributed by atoms with Gasteiger partial charge in [-0.15, -0.1) is 5.10 Å². The topological polar surface area (TPSA) is 111 Å². The van der Waals surface area contributed by atoms with Crippen molar-refractivity contribution in [1.82, 2.24) is 34.0 Å². The molecule has 2 aliphatic heterocycles. The van der Waals surface area contributed by atoms with Crippen molar-refractivity contribution in [3.05, 3.63) is 30.0 Å². The van der Waals surface area contributed by atoms with Crippen LogP contribution in [0.1, 0.15) is 25.1 Å². The molecule has 14 heteroatoms. The molecule has 4 aromatic heterocycles. The van der Waals surface area contributed by atoms with E-state index < -0.39 is 31.0 Å². The Kier molecular flexibility index (Phi) is 5.89. The molecule has 3 N–H and O–H groups in total. The van der Waals surface area contributed by atoms with Crippen LogP contribution >= 0.6 is 0 Å². The maximum atomic E-state index is 15.3. The van der Waals surface area contributed by atoms with E-state index in [1.807, 2.05) is 0 Å². The van der Waals surface area contributed by atoms with Gasteiger partial charge in [0.1, 0.15) is 23.0 Å². The van der Waals surface area contributed by atoms with Crippen molar-refractivity contribution in [1.29, 1.82) is 0 Å². The number of anilines is 2. The molecule has 0 aromatic carbocycles. The molecule has 40 heavy (non-hydrogen) atoms. The lowest BCUT2D eigenvalue weighted by Crippen LogP contribution is -2.67. The zero-order valence-electron chi connectivity index (χ0n) is 21.8. The van der Waals surface area contributed by atoms with Crippen LogP contribution in [0.4, 0.5) is 29.3 Å². The minimum atomic E-state index is -2.61. The van der Waals surface area contributed by atoms with Gasteiger partial charge in [0.2, 0.25) is 5.95 Å². The van der Waals surface area contributed by atoms with Crippen molar-refractivity contribution in [3.8, 4) is 11.3 Å². The number of piperidine rings is 1. The lowest BCUT2D eigenvalue weighted by Gasteiger charge is -2.53. The van der Waals surface area contributed by atoms with Crippen molar-refractivity contribution in [2.75, 3.05) is 37.4 Å². The molecule has 212 valence electrons. The highest BCUT2D eigenvalue weighted by molar-refractivity contribution is 5.89. The van der Waals surface area contributed by atoms with Gasteiger partial charge in [0.25, 0.3) is 6.43 Å². The molecule has 0 amide bonds. The van der Waals surface area contributed by atoms with Gasteiger partial charge in [0.05, 0.1) is 48.8 Å². The molecule has 7 rings (SSSR count). The Morgan fingerprint density at radius 2 is 1.98 bits per heavy atom. The fraction of sp³-hybridized carbons (Fsp3) is 0.538. The minimum absolute atomic E-state index is 0.0253. The van der Waals surface area contributed by atoms with E-state index in [4.69, 9.17) is 10.5 Å². The first-order valence-electron chi connectivity index (χ1n) is 13.4. The summed E-state index contributed by atoms with van der Waals surface area (Å²) in [7, 11) is 0. The van der Waals surface area contributed by atoms with E-state index in [9.17, 15) is 8.78 Å². The predicted molar refractivity (Wildman–Crippen MR) is 139 cm³/mol. The van der Waals surface area contributed by atoms with Gasteiger partial charge in [-0.2, -0.15) is 4.98 Å². The number of nitrogens with zero attached hydrogens (tertiary/aromatic N) is 7. The number of alkyl halides is 3. The van der Waals surface area contributed by atoms with Gasteiger partial charge in [0, 0.05) is 13.1 Å². The number of nitrogen functional groups attached to an aromatic ring is 1. The third kappa shape index (κ3) is 4.07. The fourth-order valence-electron chi connectivity index (χ4n) is 6.24. The van der Waals surface area contributed by atoms with Gasteiger partial charge in [-0.25, -0.2) is 32.0 Å². The zero-order chi connectivity index (χ0) is 27.8. The fourth-order valence-corrected chi connectivity index (χ4v) is 6.24. The second-order valence-electron chi connectivity index (χ2n) is 11.0. The maximum Gasteiger partial charge on any atom is 0.256 e. The first kappa shape index (κ1) is 25.4. The average molecular weight is 560 g/mol. The number of likely N-dealkylation sites (tertiary alicyclic amines) is 1. The summed E-state index contributed by atoms with van der Waals surface area (Å²) in [6.45, 7) is 3.38. The first-order valence-corrected chi connectivity index (χ1v) is 13.4. The molecule has 3 fully saturated rings. The second kappa shape index (κ2) is 9.26. The Morgan fingerprint density at radius 3 is 2.65 bits per heavy atom. The van der Waals surface area contributed by atoms with Gasteiger partial charge >= 0.3 is 0 Å². The number of hydrogen-bond donors (Lipinski definition) is 2. The number of ether oxygens (including phenoxy) is 1. The Bertz CT molecular complexity index is 1600. The van der Waals surface area contributed by atoms with E-state index in [2.05, 4.69) is 30.3 Å². The highest BCUT2D eigenvalue weighted by atomic mass is 19.3. The number of nitrogens with two attached hydrogens (primary N) is 1. The molecule has 0 spiro atoms. The second-order valence-corrected chi connectivity index (χ2v) is 11.0. The molecule has 1 saturated carbocycles. The van der Waals surface area contributed by atoms with Crippen LogP contribution in [0.15, 0.2) is 18.3 Å². The minimum Gasteiger partial charge on any atom is -0.382 e. The normalized spacial score (nSPS) is 23.2. The smallest absolute Gasteiger partial charge is 0.256 e. The van der Waals surface area contributed by atoms with Crippen molar-refractivity contribution in [2.45, 2.75) is 56.9 Å². The quantitative estimate of drug-likeness (QED) is 0.332. The zero-order valence-corrected chi connectivity index (χ0v) is 21.8. The van der Waals surface area contributed by atoms with Gasteiger partial charge < -0.3 is 20.4 Å². The number of hydrogen-bond acceptors (Lipinski definition) is 8. The number of fused-ring (bicyclic) bond motifs is 2. The Hall–Kier alpha value is -3.52. The number of aromatic nitrogens is 6. The molecule has 3 aliphatic rings.